The van der Waals surface area contributed by atoms with Gasteiger partial charge in [0.2, 0.25) is 5.91 Å². The number of methoxy groups -OCH3 is 1. The summed E-state index contributed by atoms with van der Waals surface area (Å²) in [7, 11) is 1.53. The summed E-state index contributed by atoms with van der Waals surface area (Å²) in [6, 6.07) is 6.81. The summed E-state index contributed by atoms with van der Waals surface area (Å²) in [4.78, 5) is 29.1. The van der Waals surface area contributed by atoms with Crippen molar-refractivity contribution in [3.05, 3.63) is 83.2 Å². The van der Waals surface area contributed by atoms with Crippen LogP contribution in [-0.2, 0) is 9.59 Å². The summed E-state index contributed by atoms with van der Waals surface area (Å²) in [5.74, 6) is -6.12. The number of hydrogen-bond acceptors (Lipinski definition) is 4. The van der Waals surface area contributed by atoms with Crippen molar-refractivity contribution >= 4 is 29.5 Å². The van der Waals surface area contributed by atoms with Crippen LogP contribution in [-0.4, -0.2) is 34.4 Å². The predicted molar refractivity (Wildman–Crippen MR) is 129 cm³/mol. The molecular weight excluding hydrogens is 497 g/mol. The zero-order valence-electron chi connectivity index (χ0n) is 19.5. The van der Waals surface area contributed by atoms with E-state index in [0.717, 1.165) is 23.5 Å². The zero-order valence-corrected chi connectivity index (χ0v) is 20.3. The van der Waals surface area contributed by atoms with E-state index in [1.165, 1.54) is 19.3 Å². The summed E-state index contributed by atoms with van der Waals surface area (Å²) in [5.41, 5.74) is 6.66. The van der Waals surface area contributed by atoms with Crippen LogP contribution in [0.4, 0.5) is 13.2 Å². The molecule has 3 aromatic rings. The van der Waals surface area contributed by atoms with E-state index in [2.05, 4.69) is 15.8 Å². The zero-order chi connectivity index (χ0) is 26.2. The third-order valence-electron chi connectivity index (χ3n) is 5.28. The van der Waals surface area contributed by atoms with Gasteiger partial charge >= 0.3 is 0 Å². The number of benzene rings is 2. The van der Waals surface area contributed by atoms with Crippen LogP contribution in [0, 0.1) is 24.4 Å². The minimum atomic E-state index is -1.63. The fourth-order valence-corrected chi connectivity index (χ4v) is 3.65. The van der Waals surface area contributed by atoms with Crippen molar-refractivity contribution in [2.75, 3.05) is 13.0 Å². The maximum absolute atomic E-state index is 13.7. The van der Waals surface area contributed by atoms with E-state index < -0.39 is 35.2 Å². The molecule has 190 valence electrons. The number of alkyl halides is 1. The Morgan fingerprint density at radius 1 is 1.17 bits per heavy atom. The Hall–Kier alpha value is -3.79. The number of carbonyl (C=O) groups excluding carboxylic acids is 2. The summed E-state index contributed by atoms with van der Waals surface area (Å²) >= 11 is 5.69. The van der Waals surface area contributed by atoms with E-state index >= 15 is 0 Å². The molecule has 11 heteroatoms. The summed E-state index contributed by atoms with van der Waals surface area (Å²) in [5, 5.41) is 0. The van der Waals surface area contributed by atoms with Crippen LogP contribution >= 0.6 is 11.6 Å². The normalized spacial score (nSPS) is 11.9. The molecule has 1 atom stereocenters. The average molecular weight is 521 g/mol. The summed E-state index contributed by atoms with van der Waals surface area (Å²) < 4.78 is 47.9. The SMILES string of the molecule is COc1cc(C=CC(=O)NNC(=O)C(CCCCl)c2cc(F)c(F)c(F)c2)ccc1-n1cnc(C)c1. The highest BCUT2D eigenvalue weighted by atomic mass is 35.5. The van der Waals surface area contributed by atoms with Gasteiger partial charge < -0.3 is 9.30 Å². The Kier molecular flexibility index (Phi) is 9.13. The summed E-state index contributed by atoms with van der Waals surface area (Å²) in [6.45, 7) is 1.87. The van der Waals surface area contributed by atoms with Crippen LogP contribution in [0.15, 0.2) is 48.9 Å². The first kappa shape index (κ1) is 26.8. The van der Waals surface area contributed by atoms with Gasteiger partial charge in [0.1, 0.15) is 5.75 Å². The van der Waals surface area contributed by atoms with Gasteiger partial charge in [0.25, 0.3) is 5.91 Å². The molecule has 1 heterocycles. The molecule has 0 bridgehead atoms. The molecule has 2 aromatic carbocycles. The first-order valence-electron chi connectivity index (χ1n) is 10.9. The number of amides is 2. The van der Waals surface area contributed by atoms with Gasteiger partial charge in [0, 0.05) is 18.2 Å². The van der Waals surface area contributed by atoms with Gasteiger partial charge in [0.15, 0.2) is 17.5 Å². The molecule has 0 saturated heterocycles. The van der Waals surface area contributed by atoms with E-state index in [-0.39, 0.29) is 17.9 Å². The molecule has 2 amide bonds. The van der Waals surface area contributed by atoms with E-state index in [4.69, 9.17) is 16.3 Å². The Bertz CT molecular complexity index is 1260. The van der Waals surface area contributed by atoms with Gasteiger partial charge in [-0.05, 0) is 61.2 Å². The average Bonchev–Trinajstić information content (AvgIpc) is 3.30. The molecule has 2 N–H and O–H groups in total. The predicted octanol–water partition coefficient (Wildman–Crippen LogP) is 4.57. The maximum Gasteiger partial charge on any atom is 0.262 e. The van der Waals surface area contributed by atoms with Gasteiger partial charge in [-0.15, -0.1) is 11.6 Å². The lowest BCUT2D eigenvalue weighted by molar-refractivity contribution is -0.127. The molecule has 0 radical (unpaired) electrons. The number of rotatable bonds is 9. The third-order valence-corrected chi connectivity index (χ3v) is 5.55. The fraction of sp³-hybridized carbons (Fsp3) is 0.240. The van der Waals surface area contributed by atoms with Crippen molar-refractivity contribution in [2.45, 2.75) is 25.7 Å². The summed E-state index contributed by atoms with van der Waals surface area (Å²) in [6.07, 6.45) is 6.70. The number of hydrazine groups is 1. The monoisotopic (exact) mass is 520 g/mol. The molecule has 0 saturated carbocycles. The standard InChI is InChI=1S/C25H24ClF3N4O3/c1-15-13-33(14-30-15)21-7-5-16(10-22(21)36-2)6-8-23(34)31-32-25(35)18(4-3-9-26)17-11-19(27)24(29)20(28)12-17/h5-8,10-14,18H,3-4,9H2,1-2H3,(H,31,34)(H,32,35). The second kappa shape index (κ2) is 12.3. The third kappa shape index (κ3) is 6.66. The van der Waals surface area contributed by atoms with E-state index in [0.29, 0.717) is 17.7 Å². The second-order valence-corrected chi connectivity index (χ2v) is 8.23. The number of imidazole rings is 1. The number of carbonyl (C=O) groups is 2. The van der Waals surface area contributed by atoms with Crippen molar-refractivity contribution in [3.63, 3.8) is 0 Å². The number of nitrogens with zero attached hydrogens (tertiary/aromatic N) is 2. The highest BCUT2D eigenvalue weighted by Gasteiger charge is 2.24. The molecule has 0 aliphatic rings. The Balaban J connectivity index is 1.66. The first-order chi connectivity index (χ1) is 17.2. The van der Waals surface area contributed by atoms with Crippen LogP contribution in [0.3, 0.4) is 0 Å². The number of aromatic nitrogens is 2. The minimum absolute atomic E-state index is 0.0703. The van der Waals surface area contributed by atoms with Gasteiger partial charge in [-0.25, -0.2) is 18.2 Å². The molecule has 0 aliphatic carbocycles. The van der Waals surface area contributed by atoms with E-state index in [9.17, 15) is 22.8 Å². The number of ether oxygens (including phenoxy) is 1. The Morgan fingerprint density at radius 3 is 2.50 bits per heavy atom. The molecular formula is C25H24ClF3N4O3. The quantitative estimate of drug-likeness (QED) is 0.187. The van der Waals surface area contributed by atoms with Crippen molar-refractivity contribution in [3.8, 4) is 11.4 Å². The van der Waals surface area contributed by atoms with Gasteiger partial charge in [0.05, 0.1) is 30.7 Å². The van der Waals surface area contributed by atoms with Crippen LogP contribution in [0.25, 0.3) is 11.8 Å². The molecule has 36 heavy (non-hydrogen) atoms. The molecule has 7 nitrogen and oxygen atoms in total. The van der Waals surface area contributed by atoms with Crippen LogP contribution in [0.5, 0.6) is 5.75 Å². The molecule has 3 rings (SSSR count). The molecule has 0 fully saturated rings. The minimum Gasteiger partial charge on any atom is -0.495 e. The maximum atomic E-state index is 13.7. The van der Waals surface area contributed by atoms with Crippen molar-refractivity contribution in [2.24, 2.45) is 0 Å². The Labute approximate surface area is 210 Å². The first-order valence-corrected chi connectivity index (χ1v) is 11.4. The number of nitrogens with one attached hydrogen (secondary N) is 2. The number of aryl methyl sites for hydroxylation is 1. The van der Waals surface area contributed by atoms with E-state index in [1.54, 1.807) is 18.5 Å². The smallest absolute Gasteiger partial charge is 0.262 e. The molecule has 1 aromatic heterocycles. The Morgan fingerprint density at radius 2 is 1.89 bits per heavy atom. The van der Waals surface area contributed by atoms with E-state index in [1.807, 2.05) is 23.8 Å². The number of hydrogen-bond donors (Lipinski definition) is 2. The largest absolute Gasteiger partial charge is 0.495 e. The van der Waals surface area contributed by atoms with Crippen molar-refractivity contribution in [1.82, 2.24) is 20.4 Å². The van der Waals surface area contributed by atoms with Crippen LogP contribution in [0.1, 0.15) is 35.6 Å². The van der Waals surface area contributed by atoms with Gasteiger partial charge in [-0.2, -0.15) is 0 Å². The fourth-order valence-electron chi connectivity index (χ4n) is 3.49. The highest BCUT2D eigenvalue weighted by molar-refractivity contribution is 6.17. The molecule has 0 aliphatic heterocycles. The topological polar surface area (TPSA) is 85.3 Å². The van der Waals surface area contributed by atoms with Gasteiger partial charge in [-0.3, -0.25) is 20.4 Å². The second-order valence-electron chi connectivity index (χ2n) is 7.85. The van der Waals surface area contributed by atoms with Crippen molar-refractivity contribution in [1.29, 1.82) is 0 Å². The lowest BCUT2D eigenvalue weighted by Crippen LogP contribution is -2.43. The molecule has 0 spiro atoms. The van der Waals surface area contributed by atoms with Crippen LogP contribution < -0.4 is 15.6 Å². The molecule has 1 unspecified atom stereocenters. The highest BCUT2D eigenvalue weighted by Crippen LogP contribution is 2.26. The van der Waals surface area contributed by atoms with Gasteiger partial charge in [-0.1, -0.05) is 6.07 Å². The van der Waals surface area contributed by atoms with Crippen molar-refractivity contribution < 1.29 is 27.5 Å². The lowest BCUT2D eigenvalue weighted by atomic mass is 9.93. The lowest BCUT2D eigenvalue weighted by Gasteiger charge is -2.17. The van der Waals surface area contributed by atoms with Crippen LogP contribution in [0.2, 0.25) is 0 Å². The number of halogens is 4.